The maximum absolute atomic E-state index is 12.4. The number of nitrogens with zero attached hydrogens (tertiary/aromatic N) is 1. The predicted octanol–water partition coefficient (Wildman–Crippen LogP) is 2.27. The van der Waals surface area contributed by atoms with Gasteiger partial charge in [-0.1, -0.05) is 26.2 Å². The standard InChI is InChI=1S/C14H24N2O/c1-2-5-12-14(17)16(11-8-9-11)13(15-12)10-6-3-4-7-10/h10-13,15H,2-9H2,1H3. The van der Waals surface area contributed by atoms with Gasteiger partial charge in [-0.3, -0.25) is 10.1 Å². The van der Waals surface area contributed by atoms with Crippen LogP contribution in [0.4, 0.5) is 0 Å². The first kappa shape index (κ1) is 11.5. The fourth-order valence-corrected chi connectivity index (χ4v) is 3.57. The molecule has 3 nitrogen and oxygen atoms in total. The Morgan fingerprint density at radius 2 is 1.94 bits per heavy atom. The highest BCUT2D eigenvalue weighted by Crippen LogP contribution is 2.38. The second-order valence-corrected chi connectivity index (χ2v) is 5.97. The number of hydrogen-bond donors (Lipinski definition) is 1. The van der Waals surface area contributed by atoms with Crippen LogP contribution >= 0.6 is 0 Å². The quantitative estimate of drug-likeness (QED) is 0.812. The molecule has 0 bridgehead atoms. The molecule has 1 N–H and O–H groups in total. The number of hydrogen-bond acceptors (Lipinski definition) is 2. The van der Waals surface area contributed by atoms with Gasteiger partial charge < -0.3 is 4.90 Å². The van der Waals surface area contributed by atoms with Crippen LogP contribution in [0.1, 0.15) is 58.3 Å². The lowest BCUT2D eigenvalue weighted by atomic mass is 10.0. The molecule has 0 aromatic carbocycles. The lowest BCUT2D eigenvalue weighted by Crippen LogP contribution is -2.43. The van der Waals surface area contributed by atoms with Gasteiger partial charge in [0.05, 0.1) is 12.2 Å². The Hall–Kier alpha value is -0.570. The molecule has 2 unspecified atom stereocenters. The maximum atomic E-state index is 12.4. The molecule has 3 aliphatic rings. The van der Waals surface area contributed by atoms with E-state index in [1.54, 1.807) is 0 Å². The zero-order valence-corrected chi connectivity index (χ0v) is 10.8. The van der Waals surface area contributed by atoms with Crippen LogP contribution in [0, 0.1) is 5.92 Å². The summed E-state index contributed by atoms with van der Waals surface area (Å²) in [5, 5.41) is 3.63. The zero-order chi connectivity index (χ0) is 11.8. The molecule has 0 spiro atoms. The highest BCUT2D eigenvalue weighted by Gasteiger charge is 2.48. The Bertz CT molecular complexity index is 295. The van der Waals surface area contributed by atoms with Gasteiger partial charge in [0.15, 0.2) is 0 Å². The van der Waals surface area contributed by atoms with E-state index in [9.17, 15) is 4.79 Å². The molecule has 2 saturated carbocycles. The van der Waals surface area contributed by atoms with Crippen LogP contribution in [-0.4, -0.2) is 29.1 Å². The van der Waals surface area contributed by atoms with Gasteiger partial charge in [-0.2, -0.15) is 0 Å². The van der Waals surface area contributed by atoms with Crippen molar-refractivity contribution in [3.63, 3.8) is 0 Å². The minimum atomic E-state index is 0.117. The van der Waals surface area contributed by atoms with Crippen molar-refractivity contribution in [3.8, 4) is 0 Å². The predicted molar refractivity (Wildman–Crippen MR) is 67.4 cm³/mol. The third-order valence-corrected chi connectivity index (χ3v) is 4.59. The molecule has 3 rings (SSSR count). The van der Waals surface area contributed by atoms with Crippen LogP contribution in [0.25, 0.3) is 0 Å². The number of rotatable bonds is 4. The van der Waals surface area contributed by atoms with E-state index in [2.05, 4.69) is 17.1 Å². The number of amides is 1. The summed E-state index contributed by atoms with van der Waals surface area (Å²) in [7, 11) is 0. The van der Waals surface area contributed by atoms with Gasteiger partial charge in [0, 0.05) is 6.04 Å². The maximum Gasteiger partial charge on any atom is 0.241 e. The molecule has 1 amide bonds. The molecule has 1 aliphatic heterocycles. The molecular formula is C14H24N2O. The molecule has 17 heavy (non-hydrogen) atoms. The minimum absolute atomic E-state index is 0.117. The molecule has 96 valence electrons. The average molecular weight is 236 g/mol. The highest BCUT2D eigenvalue weighted by atomic mass is 16.2. The summed E-state index contributed by atoms with van der Waals surface area (Å²) in [6.07, 6.45) is 10.3. The summed E-state index contributed by atoms with van der Waals surface area (Å²) in [4.78, 5) is 14.6. The Balaban J connectivity index is 1.73. The second kappa shape index (κ2) is 4.60. The third-order valence-electron chi connectivity index (χ3n) is 4.59. The van der Waals surface area contributed by atoms with Crippen LogP contribution in [0.15, 0.2) is 0 Å². The van der Waals surface area contributed by atoms with Gasteiger partial charge in [0.2, 0.25) is 5.91 Å². The molecule has 3 fully saturated rings. The van der Waals surface area contributed by atoms with Crippen molar-refractivity contribution >= 4 is 5.91 Å². The van der Waals surface area contributed by atoms with Gasteiger partial charge in [-0.15, -0.1) is 0 Å². The largest absolute Gasteiger partial charge is 0.323 e. The summed E-state index contributed by atoms with van der Waals surface area (Å²) in [5.41, 5.74) is 0. The Morgan fingerprint density at radius 1 is 1.24 bits per heavy atom. The Morgan fingerprint density at radius 3 is 2.53 bits per heavy atom. The molecular weight excluding hydrogens is 212 g/mol. The first-order chi connectivity index (χ1) is 8.31. The van der Waals surface area contributed by atoms with E-state index in [1.165, 1.54) is 38.5 Å². The van der Waals surface area contributed by atoms with E-state index in [0.29, 0.717) is 18.1 Å². The fraction of sp³-hybridized carbons (Fsp3) is 0.929. The summed E-state index contributed by atoms with van der Waals surface area (Å²) < 4.78 is 0. The summed E-state index contributed by atoms with van der Waals surface area (Å²) in [5.74, 6) is 1.12. The van der Waals surface area contributed by atoms with E-state index in [-0.39, 0.29) is 6.04 Å². The van der Waals surface area contributed by atoms with Gasteiger partial charge in [0.1, 0.15) is 0 Å². The summed E-state index contributed by atoms with van der Waals surface area (Å²) >= 11 is 0. The third kappa shape index (κ3) is 2.10. The van der Waals surface area contributed by atoms with Crippen LogP contribution in [0.3, 0.4) is 0 Å². The normalized spacial score (nSPS) is 34.9. The van der Waals surface area contributed by atoms with Gasteiger partial charge >= 0.3 is 0 Å². The van der Waals surface area contributed by atoms with Gasteiger partial charge in [0.25, 0.3) is 0 Å². The monoisotopic (exact) mass is 236 g/mol. The molecule has 1 heterocycles. The summed E-state index contributed by atoms with van der Waals surface area (Å²) in [6.45, 7) is 2.17. The Kier molecular flexibility index (Phi) is 3.12. The van der Waals surface area contributed by atoms with Gasteiger partial charge in [-0.25, -0.2) is 0 Å². The lowest BCUT2D eigenvalue weighted by Gasteiger charge is -2.28. The topological polar surface area (TPSA) is 32.3 Å². The average Bonchev–Trinajstić information content (AvgIpc) is 2.90. The SMILES string of the molecule is CCCC1NC(C2CCCC2)N(C2CC2)C1=O. The van der Waals surface area contributed by atoms with Crippen LogP contribution < -0.4 is 5.32 Å². The zero-order valence-electron chi connectivity index (χ0n) is 10.8. The van der Waals surface area contributed by atoms with E-state index in [1.807, 2.05) is 0 Å². The summed E-state index contributed by atoms with van der Waals surface area (Å²) in [6, 6.07) is 0.689. The van der Waals surface area contributed by atoms with E-state index in [0.717, 1.165) is 18.8 Å². The van der Waals surface area contributed by atoms with E-state index in [4.69, 9.17) is 0 Å². The minimum Gasteiger partial charge on any atom is -0.323 e. The fourth-order valence-electron chi connectivity index (χ4n) is 3.57. The number of carbonyl (C=O) groups is 1. The van der Waals surface area contributed by atoms with Crippen molar-refractivity contribution in [1.29, 1.82) is 0 Å². The molecule has 1 saturated heterocycles. The van der Waals surface area contributed by atoms with E-state index >= 15 is 0 Å². The van der Waals surface area contributed by atoms with E-state index < -0.39 is 0 Å². The van der Waals surface area contributed by atoms with Crippen molar-refractivity contribution in [2.75, 3.05) is 0 Å². The van der Waals surface area contributed by atoms with Crippen LogP contribution in [0.5, 0.6) is 0 Å². The molecule has 2 aliphatic carbocycles. The van der Waals surface area contributed by atoms with Crippen LogP contribution in [0.2, 0.25) is 0 Å². The highest BCUT2D eigenvalue weighted by molar-refractivity contribution is 5.85. The Labute approximate surface area is 104 Å². The van der Waals surface area contributed by atoms with Crippen LogP contribution in [-0.2, 0) is 4.79 Å². The van der Waals surface area contributed by atoms with Crippen molar-refractivity contribution in [2.24, 2.45) is 5.92 Å². The number of nitrogens with one attached hydrogen (secondary N) is 1. The molecule has 0 aromatic heterocycles. The van der Waals surface area contributed by atoms with Gasteiger partial charge in [-0.05, 0) is 38.0 Å². The molecule has 3 heteroatoms. The molecule has 0 aromatic rings. The molecule has 0 radical (unpaired) electrons. The smallest absolute Gasteiger partial charge is 0.241 e. The molecule has 2 atom stereocenters. The first-order valence-electron chi connectivity index (χ1n) is 7.39. The number of carbonyl (C=O) groups excluding carboxylic acids is 1. The van der Waals surface area contributed by atoms with Crippen molar-refractivity contribution in [2.45, 2.75) is 76.5 Å². The van der Waals surface area contributed by atoms with Crippen molar-refractivity contribution in [1.82, 2.24) is 10.2 Å². The first-order valence-corrected chi connectivity index (χ1v) is 7.39. The van der Waals surface area contributed by atoms with Crippen molar-refractivity contribution < 1.29 is 4.79 Å². The van der Waals surface area contributed by atoms with Crippen molar-refractivity contribution in [3.05, 3.63) is 0 Å². The lowest BCUT2D eigenvalue weighted by molar-refractivity contribution is -0.131. The second-order valence-electron chi connectivity index (χ2n) is 5.97.